The van der Waals surface area contributed by atoms with E-state index in [0.29, 0.717) is 22.4 Å². The van der Waals surface area contributed by atoms with Gasteiger partial charge in [0, 0.05) is 19.8 Å². The van der Waals surface area contributed by atoms with Crippen molar-refractivity contribution in [2.75, 3.05) is 26.0 Å². The molecule has 0 aliphatic heterocycles. The van der Waals surface area contributed by atoms with Crippen LogP contribution in [0.3, 0.4) is 0 Å². The lowest BCUT2D eigenvalue weighted by molar-refractivity contribution is -0.132. The standard InChI is InChI=1S/C23H27N5O3S/c1-15-10-12-17(13-11-15)24-20(29)14-27(3)22(30)16(2)32-23-26-25-21(28(23)4)18-8-6-7-9-19(18)31-5/h6-13,16H,14H2,1-5H3,(H,24,29)/t16-/m0/s1. The molecule has 1 aromatic heterocycles. The molecule has 2 aromatic carbocycles. The molecule has 2 amide bonds. The van der Waals surface area contributed by atoms with Gasteiger partial charge in [-0.25, -0.2) is 0 Å². The largest absolute Gasteiger partial charge is 0.496 e. The number of anilines is 1. The van der Waals surface area contributed by atoms with Crippen LogP contribution in [0, 0.1) is 6.92 Å². The predicted molar refractivity (Wildman–Crippen MR) is 126 cm³/mol. The minimum absolute atomic E-state index is 0.0388. The molecule has 0 unspecified atom stereocenters. The summed E-state index contributed by atoms with van der Waals surface area (Å²) in [6.45, 7) is 3.73. The molecule has 0 aliphatic carbocycles. The normalized spacial score (nSPS) is 11.7. The van der Waals surface area contributed by atoms with Gasteiger partial charge in [-0.3, -0.25) is 9.59 Å². The van der Waals surface area contributed by atoms with Gasteiger partial charge in [0.1, 0.15) is 5.75 Å². The first-order valence-electron chi connectivity index (χ1n) is 10.1. The van der Waals surface area contributed by atoms with Crippen LogP contribution < -0.4 is 10.1 Å². The van der Waals surface area contributed by atoms with Crippen molar-refractivity contribution in [2.45, 2.75) is 24.3 Å². The van der Waals surface area contributed by atoms with Crippen molar-refractivity contribution in [1.29, 1.82) is 0 Å². The summed E-state index contributed by atoms with van der Waals surface area (Å²) in [5.74, 6) is 0.924. The molecule has 0 spiro atoms. The van der Waals surface area contributed by atoms with E-state index in [1.165, 1.54) is 16.7 Å². The Kier molecular flexibility index (Phi) is 7.53. The summed E-state index contributed by atoms with van der Waals surface area (Å²) in [6, 6.07) is 15.1. The van der Waals surface area contributed by atoms with Crippen LogP contribution in [0.15, 0.2) is 53.7 Å². The smallest absolute Gasteiger partial charge is 0.243 e. The molecule has 0 saturated carbocycles. The van der Waals surface area contributed by atoms with Gasteiger partial charge in [-0.15, -0.1) is 10.2 Å². The number of nitrogens with zero attached hydrogens (tertiary/aromatic N) is 4. The first kappa shape index (κ1) is 23.3. The summed E-state index contributed by atoms with van der Waals surface area (Å²) in [5.41, 5.74) is 2.63. The van der Waals surface area contributed by atoms with Crippen molar-refractivity contribution >= 4 is 29.3 Å². The van der Waals surface area contributed by atoms with Gasteiger partial charge in [-0.1, -0.05) is 41.6 Å². The molecular weight excluding hydrogens is 426 g/mol. The Morgan fingerprint density at radius 2 is 1.84 bits per heavy atom. The van der Waals surface area contributed by atoms with Gasteiger partial charge >= 0.3 is 0 Å². The number of methoxy groups -OCH3 is 1. The quantitative estimate of drug-likeness (QED) is 0.526. The molecule has 8 nitrogen and oxygen atoms in total. The number of carbonyl (C=O) groups excluding carboxylic acids is 2. The molecule has 0 radical (unpaired) electrons. The number of ether oxygens (including phenoxy) is 1. The van der Waals surface area contributed by atoms with Crippen molar-refractivity contribution in [3.8, 4) is 17.1 Å². The molecule has 168 valence electrons. The fraction of sp³-hybridized carbons (Fsp3) is 0.304. The lowest BCUT2D eigenvalue weighted by Gasteiger charge is -2.20. The minimum atomic E-state index is -0.444. The van der Waals surface area contributed by atoms with Gasteiger partial charge in [-0.2, -0.15) is 0 Å². The summed E-state index contributed by atoms with van der Waals surface area (Å²) in [4.78, 5) is 26.5. The molecule has 9 heteroatoms. The molecule has 32 heavy (non-hydrogen) atoms. The number of rotatable bonds is 8. The van der Waals surface area contributed by atoms with Crippen molar-refractivity contribution in [3.63, 3.8) is 0 Å². The highest BCUT2D eigenvalue weighted by molar-refractivity contribution is 8.00. The molecule has 0 fully saturated rings. The number of benzene rings is 2. The number of aromatic nitrogens is 3. The number of aryl methyl sites for hydroxylation is 1. The fourth-order valence-corrected chi connectivity index (χ4v) is 4.06. The first-order chi connectivity index (χ1) is 15.3. The van der Waals surface area contributed by atoms with Crippen LogP contribution in [0.1, 0.15) is 12.5 Å². The SMILES string of the molecule is COc1ccccc1-c1nnc(S[C@@H](C)C(=O)N(C)CC(=O)Nc2ccc(C)cc2)n1C. The first-order valence-corrected chi connectivity index (χ1v) is 11.0. The second-order valence-electron chi connectivity index (χ2n) is 7.43. The highest BCUT2D eigenvalue weighted by atomic mass is 32.2. The van der Waals surface area contributed by atoms with E-state index in [2.05, 4.69) is 15.5 Å². The van der Waals surface area contributed by atoms with Crippen LogP contribution in [0.5, 0.6) is 5.75 Å². The van der Waals surface area contributed by atoms with Crippen LogP contribution in [-0.4, -0.2) is 57.4 Å². The molecule has 1 atom stereocenters. The summed E-state index contributed by atoms with van der Waals surface area (Å²) in [5, 5.41) is 11.5. The van der Waals surface area contributed by atoms with Crippen LogP contribution in [0.25, 0.3) is 11.4 Å². The Balaban J connectivity index is 1.62. The van der Waals surface area contributed by atoms with E-state index in [0.717, 1.165) is 11.1 Å². The Morgan fingerprint density at radius 3 is 2.53 bits per heavy atom. The zero-order valence-corrected chi connectivity index (χ0v) is 19.6. The van der Waals surface area contributed by atoms with E-state index in [1.807, 2.05) is 67.1 Å². The summed E-state index contributed by atoms with van der Waals surface area (Å²) in [7, 11) is 5.07. The topological polar surface area (TPSA) is 89.4 Å². The van der Waals surface area contributed by atoms with Gasteiger partial charge < -0.3 is 19.5 Å². The number of nitrogens with one attached hydrogen (secondary N) is 1. The fourth-order valence-electron chi connectivity index (χ4n) is 3.13. The second-order valence-corrected chi connectivity index (χ2v) is 8.74. The Labute approximate surface area is 192 Å². The summed E-state index contributed by atoms with van der Waals surface area (Å²) >= 11 is 1.29. The lowest BCUT2D eigenvalue weighted by atomic mass is 10.2. The average Bonchev–Trinajstić information content (AvgIpc) is 3.14. The van der Waals surface area contributed by atoms with Crippen molar-refractivity contribution < 1.29 is 14.3 Å². The van der Waals surface area contributed by atoms with E-state index in [1.54, 1.807) is 21.1 Å². The van der Waals surface area contributed by atoms with E-state index in [9.17, 15) is 9.59 Å². The highest BCUT2D eigenvalue weighted by Crippen LogP contribution is 2.31. The highest BCUT2D eigenvalue weighted by Gasteiger charge is 2.24. The Morgan fingerprint density at radius 1 is 1.16 bits per heavy atom. The number of para-hydroxylation sites is 1. The van der Waals surface area contributed by atoms with E-state index < -0.39 is 5.25 Å². The van der Waals surface area contributed by atoms with Crippen LogP contribution in [-0.2, 0) is 16.6 Å². The van der Waals surface area contributed by atoms with Gasteiger partial charge in [0.2, 0.25) is 11.8 Å². The van der Waals surface area contributed by atoms with Crippen LogP contribution in [0.4, 0.5) is 5.69 Å². The Hall–Kier alpha value is -3.33. The maximum atomic E-state index is 12.8. The maximum absolute atomic E-state index is 12.8. The lowest BCUT2D eigenvalue weighted by Crippen LogP contribution is -2.39. The number of amides is 2. The van der Waals surface area contributed by atoms with E-state index in [4.69, 9.17) is 4.74 Å². The average molecular weight is 454 g/mol. The number of thioether (sulfide) groups is 1. The number of likely N-dealkylation sites (N-methyl/N-ethyl adjacent to an activating group) is 1. The van der Waals surface area contributed by atoms with Crippen molar-refractivity contribution in [1.82, 2.24) is 19.7 Å². The van der Waals surface area contributed by atoms with Crippen LogP contribution >= 0.6 is 11.8 Å². The number of carbonyl (C=O) groups is 2. The van der Waals surface area contributed by atoms with Crippen molar-refractivity contribution in [2.24, 2.45) is 7.05 Å². The third kappa shape index (κ3) is 5.47. The minimum Gasteiger partial charge on any atom is -0.496 e. The van der Waals surface area contributed by atoms with Gasteiger partial charge in [0.25, 0.3) is 0 Å². The number of hydrogen-bond acceptors (Lipinski definition) is 6. The third-order valence-corrected chi connectivity index (χ3v) is 6.03. The molecule has 1 heterocycles. The summed E-state index contributed by atoms with van der Waals surface area (Å²) in [6.07, 6.45) is 0. The van der Waals surface area contributed by atoms with Gasteiger partial charge in [0.05, 0.1) is 24.5 Å². The van der Waals surface area contributed by atoms with E-state index in [-0.39, 0.29) is 18.4 Å². The van der Waals surface area contributed by atoms with Crippen molar-refractivity contribution in [3.05, 3.63) is 54.1 Å². The third-order valence-electron chi connectivity index (χ3n) is 4.91. The molecule has 0 saturated heterocycles. The maximum Gasteiger partial charge on any atom is 0.243 e. The molecule has 0 bridgehead atoms. The Bertz CT molecular complexity index is 1100. The number of hydrogen-bond donors (Lipinski definition) is 1. The zero-order chi connectivity index (χ0) is 23.3. The second kappa shape index (κ2) is 10.3. The van der Waals surface area contributed by atoms with Gasteiger partial charge in [0.15, 0.2) is 11.0 Å². The molecule has 1 N–H and O–H groups in total. The predicted octanol–water partition coefficient (Wildman–Crippen LogP) is 3.38. The molecule has 3 rings (SSSR count). The monoisotopic (exact) mass is 453 g/mol. The van der Waals surface area contributed by atoms with Gasteiger partial charge in [-0.05, 0) is 38.1 Å². The zero-order valence-electron chi connectivity index (χ0n) is 18.8. The molecule has 3 aromatic rings. The van der Waals surface area contributed by atoms with Crippen LogP contribution in [0.2, 0.25) is 0 Å². The van der Waals surface area contributed by atoms with E-state index >= 15 is 0 Å². The molecule has 0 aliphatic rings. The summed E-state index contributed by atoms with van der Waals surface area (Å²) < 4.78 is 7.24. The molecular formula is C23H27N5O3S.